The Labute approximate surface area is 256 Å². The maximum absolute atomic E-state index is 14.1. The highest BCUT2D eigenvalue weighted by molar-refractivity contribution is 6.42. The molecule has 3 aromatic rings. The predicted octanol–water partition coefficient (Wildman–Crippen LogP) is 7.58. The number of amides is 2. The highest BCUT2D eigenvalue weighted by atomic mass is 35.5. The number of anilines is 1. The number of carbonyl (C=O) groups excluding carboxylic acids is 2. The van der Waals surface area contributed by atoms with E-state index in [0.717, 1.165) is 0 Å². The van der Waals surface area contributed by atoms with Crippen molar-refractivity contribution in [3.63, 3.8) is 0 Å². The van der Waals surface area contributed by atoms with Crippen molar-refractivity contribution in [3.05, 3.63) is 98.8 Å². The van der Waals surface area contributed by atoms with Gasteiger partial charge in [0, 0.05) is 38.0 Å². The van der Waals surface area contributed by atoms with Crippen LogP contribution in [0.15, 0.2) is 60.7 Å². The van der Waals surface area contributed by atoms with E-state index in [1.54, 1.807) is 24.3 Å². The Hall–Kier alpha value is -3.34. The zero-order valence-corrected chi connectivity index (χ0v) is 24.5. The third kappa shape index (κ3) is 7.60. The molecule has 0 radical (unpaired) electrons. The molecule has 228 valence electrons. The molecule has 2 heterocycles. The van der Waals surface area contributed by atoms with E-state index < -0.39 is 36.0 Å². The number of benzene rings is 3. The van der Waals surface area contributed by atoms with Crippen LogP contribution in [0.1, 0.15) is 47.4 Å². The van der Waals surface area contributed by atoms with Crippen molar-refractivity contribution in [2.24, 2.45) is 0 Å². The minimum atomic E-state index is -4.33. The summed E-state index contributed by atoms with van der Waals surface area (Å²) < 4.78 is 58.3. The summed E-state index contributed by atoms with van der Waals surface area (Å²) in [4.78, 5) is 27.9. The number of hydrogen-bond donors (Lipinski definition) is 2. The van der Waals surface area contributed by atoms with Crippen LogP contribution in [-0.4, -0.2) is 42.7 Å². The van der Waals surface area contributed by atoms with Gasteiger partial charge < -0.3 is 15.0 Å². The molecule has 6 nitrogen and oxygen atoms in total. The number of hydrogen-bond acceptors (Lipinski definition) is 4. The fraction of sp³-hybridized carbons (Fsp3) is 0.355. The molecular weight excluding hydrogens is 609 g/mol. The zero-order chi connectivity index (χ0) is 30.8. The van der Waals surface area contributed by atoms with Crippen LogP contribution in [0, 0.1) is 5.82 Å². The van der Waals surface area contributed by atoms with Crippen molar-refractivity contribution in [2.45, 2.75) is 49.9 Å². The molecule has 2 aliphatic heterocycles. The minimum absolute atomic E-state index is 0.0595. The lowest BCUT2D eigenvalue weighted by Gasteiger charge is -2.44. The molecule has 2 amide bonds. The number of likely N-dealkylation sites (tertiary alicyclic amines) is 1. The number of halogens is 6. The molecule has 1 saturated heterocycles. The largest absolute Gasteiger partial charge is 0.438 e. The summed E-state index contributed by atoms with van der Waals surface area (Å²) in [6.45, 7) is 1.68. The van der Waals surface area contributed by atoms with Crippen molar-refractivity contribution >= 4 is 40.9 Å². The Kier molecular flexibility index (Phi) is 9.20. The maximum atomic E-state index is 14.1. The van der Waals surface area contributed by atoms with Gasteiger partial charge in [-0.2, -0.15) is 13.2 Å². The Bertz CT molecular complexity index is 1510. The number of nitrogens with zero attached hydrogens (tertiary/aromatic N) is 1. The van der Waals surface area contributed by atoms with E-state index >= 15 is 0 Å². The normalized spacial score (nSPS) is 17.1. The lowest BCUT2D eigenvalue weighted by molar-refractivity contribution is -0.127. The standard InChI is InChI=1S/C31H29Cl2F4N3O3/c32-25-6-4-21(15-26(25)33)23(28(41)38-18-20-3-1-2-19(14-20)17-31(35,36)37)8-11-40-12-9-30(10-13-40)24-16-22(34)5-7-27(24)39-29(42)43-30/h1-7,14-16,23H,8-13,17-18H2,(H,38,41)(H,39,42). The molecule has 43 heavy (non-hydrogen) atoms. The molecule has 5 rings (SSSR count). The third-order valence-electron chi connectivity index (χ3n) is 7.92. The monoisotopic (exact) mass is 637 g/mol. The summed E-state index contributed by atoms with van der Waals surface area (Å²) in [5.74, 6) is -1.33. The Balaban J connectivity index is 1.26. The summed E-state index contributed by atoms with van der Waals surface area (Å²) in [7, 11) is 0. The zero-order valence-electron chi connectivity index (χ0n) is 22.9. The van der Waals surface area contributed by atoms with E-state index in [2.05, 4.69) is 15.5 Å². The van der Waals surface area contributed by atoms with Gasteiger partial charge in [-0.05, 0) is 60.0 Å². The fourth-order valence-corrected chi connectivity index (χ4v) is 6.07. The smallest absolute Gasteiger partial charge is 0.412 e. The molecule has 1 atom stereocenters. The van der Waals surface area contributed by atoms with Crippen LogP contribution < -0.4 is 10.6 Å². The summed E-state index contributed by atoms with van der Waals surface area (Å²) >= 11 is 12.4. The number of nitrogens with one attached hydrogen (secondary N) is 2. The van der Waals surface area contributed by atoms with Crippen LogP contribution in [-0.2, 0) is 28.1 Å². The van der Waals surface area contributed by atoms with E-state index in [1.807, 2.05) is 0 Å². The minimum Gasteiger partial charge on any atom is -0.438 e. The Morgan fingerprint density at radius 1 is 1.02 bits per heavy atom. The fourth-order valence-electron chi connectivity index (χ4n) is 5.76. The summed E-state index contributed by atoms with van der Waals surface area (Å²) in [5.41, 5.74) is 1.54. The van der Waals surface area contributed by atoms with Crippen LogP contribution in [0.25, 0.3) is 0 Å². The van der Waals surface area contributed by atoms with E-state index in [4.69, 9.17) is 27.9 Å². The first-order valence-electron chi connectivity index (χ1n) is 13.8. The molecule has 1 unspecified atom stereocenters. The summed E-state index contributed by atoms with van der Waals surface area (Å²) in [6, 6.07) is 15.2. The first kappa shape index (κ1) is 31.1. The maximum Gasteiger partial charge on any atom is 0.412 e. The molecule has 0 bridgehead atoms. The lowest BCUT2D eigenvalue weighted by atomic mass is 9.82. The molecule has 0 saturated carbocycles. The van der Waals surface area contributed by atoms with Gasteiger partial charge in [-0.15, -0.1) is 0 Å². The van der Waals surface area contributed by atoms with Crippen molar-refractivity contribution in [1.82, 2.24) is 10.2 Å². The van der Waals surface area contributed by atoms with Gasteiger partial charge in [0.15, 0.2) is 0 Å². The van der Waals surface area contributed by atoms with Crippen LogP contribution >= 0.6 is 23.2 Å². The molecule has 2 aliphatic rings. The Morgan fingerprint density at radius 2 is 1.77 bits per heavy atom. The number of carbonyl (C=O) groups is 2. The number of fused-ring (bicyclic) bond motifs is 2. The van der Waals surface area contributed by atoms with E-state index in [1.165, 1.54) is 36.4 Å². The summed E-state index contributed by atoms with van der Waals surface area (Å²) in [6.07, 6.45) is -4.63. The average Bonchev–Trinajstić information content (AvgIpc) is 2.94. The lowest BCUT2D eigenvalue weighted by Crippen LogP contribution is -2.48. The molecule has 12 heteroatoms. The third-order valence-corrected chi connectivity index (χ3v) is 8.66. The summed E-state index contributed by atoms with van der Waals surface area (Å²) in [5, 5.41) is 6.14. The van der Waals surface area contributed by atoms with Gasteiger partial charge in [0.05, 0.1) is 28.1 Å². The van der Waals surface area contributed by atoms with Crippen molar-refractivity contribution in [2.75, 3.05) is 25.0 Å². The SMILES string of the molecule is O=C1Nc2ccc(F)cc2C2(CCN(CCC(C(=O)NCc3cccc(CC(F)(F)F)c3)c3ccc(Cl)c(Cl)c3)CC2)O1. The van der Waals surface area contributed by atoms with Crippen LogP contribution in [0.3, 0.4) is 0 Å². The molecule has 1 spiro atoms. The van der Waals surface area contributed by atoms with E-state index in [0.29, 0.717) is 71.3 Å². The second-order valence-corrected chi connectivity index (χ2v) is 11.7. The quantitative estimate of drug-likeness (QED) is 0.250. The van der Waals surface area contributed by atoms with Crippen LogP contribution in [0.5, 0.6) is 0 Å². The van der Waals surface area contributed by atoms with Crippen molar-refractivity contribution < 1.29 is 31.9 Å². The van der Waals surface area contributed by atoms with E-state index in [-0.39, 0.29) is 18.0 Å². The molecule has 3 aromatic carbocycles. The highest BCUT2D eigenvalue weighted by Gasteiger charge is 2.44. The molecular formula is C31H29Cl2F4N3O3. The van der Waals surface area contributed by atoms with Gasteiger partial charge in [0.2, 0.25) is 5.91 Å². The number of ether oxygens (including phenoxy) is 1. The van der Waals surface area contributed by atoms with Crippen LogP contribution in [0.4, 0.5) is 28.0 Å². The second kappa shape index (κ2) is 12.7. The van der Waals surface area contributed by atoms with Gasteiger partial charge in [-0.1, -0.05) is 53.5 Å². The second-order valence-electron chi connectivity index (χ2n) is 10.9. The van der Waals surface area contributed by atoms with Crippen molar-refractivity contribution in [3.8, 4) is 0 Å². The topological polar surface area (TPSA) is 70.7 Å². The molecule has 0 aromatic heterocycles. The van der Waals surface area contributed by atoms with Crippen molar-refractivity contribution in [1.29, 1.82) is 0 Å². The molecule has 2 N–H and O–H groups in total. The average molecular weight is 638 g/mol. The number of alkyl halides is 3. The Morgan fingerprint density at radius 3 is 2.49 bits per heavy atom. The van der Waals surface area contributed by atoms with Gasteiger partial charge in [0.25, 0.3) is 0 Å². The van der Waals surface area contributed by atoms with Gasteiger partial charge in [0.1, 0.15) is 11.4 Å². The van der Waals surface area contributed by atoms with E-state index in [9.17, 15) is 27.2 Å². The molecule has 0 aliphatic carbocycles. The molecule has 1 fully saturated rings. The van der Waals surface area contributed by atoms with Gasteiger partial charge in [-0.3, -0.25) is 10.1 Å². The number of piperidine rings is 1. The van der Waals surface area contributed by atoms with Gasteiger partial charge >= 0.3 is 12.3 Å². The van der Waals surface area contributed by atoms with Gasteiger partial charge in [-0.25, -0.2) is 9.18 Å². The first-order chi connectivity index (χ1) is 20.4. The highest BCUT2D eigenvalue weighted by Crippen LogP contribution is 2.44. The predicted molar refractivity (Wildman–Crippen MR) is 156 cm³/mol. The number of rotatable bonds is 8. The first-order valence-corrected chi connectivity index (χ1v) is 14.6. The van der Waals surface area contributed by atoms with Crippen LogP contribution in [0.2, 0.25) is 10.0 Å².